The molecule has 1 heterocycles. The van der Waals surface area contributed by atoms with Gasteiger partial charge in [0.05, 0.1) is 13.2 Å². The first-order valence-corrected chi connectivity index (χ1v) is 7.61. The van der Waals surface area contributed by atoms with Crippen molar-refractivity contribution in [1.29, 1.82) is 0 Å². The molecular weight excluding hydrogens is 293 g/mol. The molecule has 0 aliphatic rings. The summed E-state index contributed by atoms with van der Waals surface area (Å²) < 4.78 is 19.5. The molecule has 0 saturated heterocycles. The van der Waals surface area contributed by atoms with E-state index in [-0.39, 0.29) is 5.82 Å². The molecule has 6 nitrogen and oxygen atoms in total. The molecule has 114 valence electrons. The van der Waals surface area contributed by atoms with Crippen molar-refractivity contribution in [1.82, 2.24) is 25.5 Å². The van der Waals surface area contributed by atoms with Crippen LogP contribution in [0.15, 0.2) is 29.4 Å². The van der Waals surface area contributed by atoms with Gasteiger partial charge in [0.25, 0.3) is 0 Å². The zero-order valence-corrected chi connectivity index (χ0v) is 12.6. The molecule has 0 atom stereocenters. The number of aromatic nitrogens is 4. The summed E-state index contributed by atoms with van der Waals surface area (Å²) in [4.78, 5) is 0. The van der Waals surface area contributed by atoms with E-state index < -0.39 is 0 Å². The normalized spacial score (nSPS) is 11.0. The molecule has 21 heavy (non-hydrogen) atoms. The number of tetrazole rings is 1. The lowest BCUT2D eigenvalue weighted by atomic mass is 10.2. The predicted octanol–water partition coefficient (Wildman–Crippen LogP) is 1.34. The van der Waals surface area contributed by atoms with Crippen LogP contribution in [0.25, 0.3) is 0 Å². The van der Waals surface area contributed by atoms with Crippen molar-refractivity contribution < 1.29 is 9.13 Å². The smallest absolute Gasteiger partial charge is 0.209 e. The van der Waals surface area contributed by atoms with E-state index in [9.17, 15) is 4.39 Å². The lowest BCUT2D eigenvalue weighted by Gasteiger charge is -2.06. The Morgan fingerprint density at radius 1 is 1.29 bits per heavy atom. The Bertz CT molecular complexity index is 534. The van der Waals surface area contributed by atoms with Gasteiger partial charge in [-0.2, -0.15) is 0 Å². The highest BCUT2D eigenvalue weighted by Gasteiger charge is 2.06. The van der Waals surface area contributed by atoms with Crippen LogP contribution >= 0.6 is 11.8 Å². The Morgan fingerprint density at radius 3 is 2.86 bits per heavy atom. The lowest BCUT2D eigenvalue weighted by Crippen LogP contribution is -2.24. The molecule has 0 radical (unpaired) electrons. The fourth-order valence-corrected chi connectivity index (χ4v) is 2.51. The van der Waals surface area contributed by atoms with E-state index >= 15 is 0 Å². The number of rotatable bonds is 9. The van der Waals surface area contributed by atoms with Crippen LogP contribution in [0.3, 0.4) is 0 Å². The number of nitrogens with zero attached hydrogens (tertiary/aromatic N) is 4. The fraction of sp³-hybridized carbons (Fsp3) is 0.462. The molecule has 0 aliphatic heterocycles. The maximum Gasteiger partial charge on any atom is 0.209 e. The quantitative estimate of drug-likeness (QED) is 0.557. The molecule has 0 aliphatic carbocycles. The monoisotopic (exact) mass is 311 g/mol. The Balaban J connectivity index is 1.78. The summed E-state index contributed by atoms with van der Waals surface area (Å²) in [6, 6.07) is 6.45. The zero-order chi connectivity index (χ0) is 14.9. The van der Waals surface area contributed by atoms with Crippen LogP contribution in [-0.4, -0.2) is 47.0 Å². The first kappa shape index (κ1) is 15.9. The van der Waals surface area contributed by atoms with E-state index in [2.05, 4.69) is 20.8 Å². The minimum Gasteiger partial charge on any atom is -0.383 e. The maximum atomic E-state index is 12.8. The number of thioether (sulfide) groups is 1. The zero-order valence-electron chi connectivity index (χ0n) is 11.8. The molecule has 1 aromatic heterocycles. The summed E-state index contributed by atoms with van der Waals surface area (Å²) in [7, 11) is 1.67. The minimum atomic E-state index is -0.226. The van der Waals surface area contributed by atoms with Crippen LogP contribution < -0.4 is 5.32 Å². The van der Waals surface area contributed by atoms with Crippen molar-refractivity contribution in [2.75, 3.05) is 26.8 Å². The van der Waals surface area contributed by atoms with Crippen LogP contribution in [0, 0.1) is 5.82 Å². The van der Waals surface area contributed by atoms with E-state index in [1.807, 2.05) is 0 Å². The largest absolute Gasteiger partial charge is 0.383 e. The van der Waals surface area contributed by atoms with Crippen molar-refractivity contribution in [2.45, 2.75) is 17.5 Å². The van der Waals surface area contributed by atoms with E-state index in [4.69, 9.17) is 4.74 Å². The SMILES string of the molecule is COCCNCCn1nnnc1SCc1ccc(F)cc1. The molecule has 0 amide bonds. The van der Waals surface area contributed by atoms with Gasteiger partial charge in [-0.15, -0.1) is 5.10 Å². The number of hydrogen-bond donors (Lipinski definition) is 1. The van der Waals surface area contributed by atoms with Crippen molar-refractivity contribution in [3.63, 3.8) is 0 Å². The highest BCUT2D eigenvalue weighted by atomic mass is 32.2. The Morgan fingerprint density at radius 2 is 2.10 bits per heavy atom. The molecule has 2 aromatic rings. The first-order valence-electron chi connectivity index (χ1n) is 6.62. The fourth-order valence-electron chi connectivity index (χ4n) is 1.65. The lowest BCUT2D eigenvalue weighted by molar-refractivity contribution is 0.199. The molecule has 0 saturated carbocycles. The van der Waals surface area contributed by atoms with Gasteiger partial charge in [-0.25, -0.2) is 9.07 Å². The molecule has 8 heteroatoms. The Labute approximate surface area is 127 Å². The molecule has 0 fully saturated rings. The summed E-state index contributed by atoms with van der Waals surface area (Å²) >= 11 is 1.53. The van der Waals surface area contributed by atoms with Gasteiger partial charge in [0.1, 0.15) is 5.82 Å². The molecule has 2 rings (SSSR count). The summed E-state index contributed by atoms with van der Waals surface area (Å²) in [5.41, 5.74) is 1.04. The summed E-state index contributed by atoms with van der Waals surface area (Å²) in [6.07, 6.45) is 0. The first-order chi connectivity index (χ1) is 10.3. The van der Waals surface area contributed by atoms with Crippen LogP contribution in [0.2, 0.25) is 0 Å². The number of benzene rings is 1. The van der Waals surface area contributed by atoms with Gasteiger partial charge in [0, 0.05) is 26.0 Å². The van der Waals surface area contributed by atoms with Gasteiger partial charge in [-0.05, 0) is 28.1 Å². The number of ether oxygens (including phenoxy) is 1. The second kappa shape index (κ2) is 8.71. The standard InChI is InChI=1S/C13H18FN5OS/c1-20-9-7-15-6-8-19-13(16-17-18-19)21-10-11-2-4-12(14)5-3-11/h2-5,15H,6-10H2,1H3. The van der Waals surface area contributed by atoms with Crippen molar-refractivity contribution in [3.8, 4) is 0 Å². The highest BCUT2D eigenvalue weighted by molar-refractivity contribution is 7.98. The van der Waals surface area contributed by atoms with E-state index in [1.54, 1.807) is 23.9 Å². The van der Waals surface area contributed by atoms with Gasteiger partial charge in [-0.1, -0.05) is 23.9 Å². The molecule has 1 aromatic carbocycles. The van der Waals surface area contributed by atoms with Gasteiger partial charge in [0.2, 0.25) is 5.16 Å². The van der Waals surface area contributed by atoms with Gasteiger partial charge in [-0.3, -0.25) is 0 Å². The number of halogens is 1. The third kappa shape index (κ3) is 5.41. The van der Waals surface area contributed by atoms with Crippen LogP contribution in [0.5, 0.6) is 0 Å². The summed E-state index contributed by atoms with van der Waals surface area (Å²) in [5.74, 6) is 0.480. The third-order valence-electron chi connectivity index (χ3n) is 2.76. The minimum absolute atomic E-state index is 0.226. The average molecular weight is 311 g/mol. The average Bonchev–Trinajstić information content (AvgIpc) is 2.94. The number of nitrogens with one attached hydrogen (secondary N) is 1. The Kier molecular flexibility index (Phi) is 6.58. The van der Waals surface area contributed by atoms with Gasteiger partial charge < -0.3 is 10.1 Å². The molecule has 0 bridgehead atoms. The van der Waals surface area contributed by atoms with E-state index in [0.29, 0.717) is 18.9 Å². The summed E-state index contributed by atoms with van der Waals surface area (Å²) in [6.45, 7) is 2.96. The van der Waals surface area contributed by atoms with Crippen LogP contribution in [0.1, 0.15) is 5.56 Å². The topological polar surface area (TPSA) is 64.9 Å². The maximum absolute atomic E-state index is 12.8. The van der Waals surface area contributed by atoms with Gasteiger partial charge in [0.15, 0.2) is 0 Å². The number of hydrogen-bond acceptors (Lipinski definition) is 6. The van der Waals surface area contributed by atoms with E-state index in [1.165, 1.54) is 23.9 Å². The van der Waals surface area contributed by atoms with Crippen molar-refractivity contribution in [2.24, 2.45) is 0 Å². The third-order valence-corrected chi connectivity index (χ3v) is 3.79. The molecule has 0 unspecified atom stereocenters. The number of methoxy groups -OCH3 is 1. The molecular formula is C13H18FN5OS. The van der Waals surface area contributed by atoms with Crippen molar-refractivity contribution >= 4 is 11.8 Å². The van der Waals surface area contributed by atoms with Crippen molar-refractivity contribution in [3.05, 3.63) is 35.6 Å². The summed E-state index contributed by atoms with van der Waals surface area (Å²) in [5, 5.41) is 15.7. The Hall–Kier alpha value is -1.51. The van der Waals surface area contributed by atoms with Crippen LogP contribution in [0.4, 0.5) is 4.39 Å². The molecule has 1 N–H and O–H groups in total. The van der Waals surface area contributed by atoms with Gasteiger partial charge >= 0.3 is 0 Å². The predicted molar refractivity (Wildman–Crippen MR) is 78.5 cm³/mol. The highest BCUT2D eigenvalue weighted by Crippen LogP contribution is 2.19. The molecule has 0 spiro atoms. The van der Waals surface area contributed by atoms with Crippen LogP contribution in [-0.2, 0) is 17.0 Å². The second-order valence-electron chi connectivity index (χ2n) is 4.34. The van der Waals surface area contributed by atoms with E-state index in [0.717, 1.165) is 23.8 Å². The second-order valence-corrected chi connectivity index (χ2v) is 5.29.